The first-order valence-corrected chi connectivity index (χ1v) is 8.41. The Labute approximate surface area is 144 Å². The van der Waals surface area contributed by atoms with E-state index in [0.717, 1.165) is 0 Å². The second-order valence-electron chi connectivity index (χ2n) is 4.96. The molecule has 0 fully saturated rings. The van der Waals surface area contributed by atoms with Crippen molar-refractivity contribution in [1.82, 2.24) is 10.2 Å². The van der Waals surface area contributed by atoms with Crippen molar-refractivity contribution in [2.75, 3.05) is 25.4 Å². The summed E-state index contributed by atoms with van der Waals surface area (Å²) in [5, 5.41) is 22.4. The molecule has 24 heavy (non-hydrogen) atoms. The van der Waals surface area contributed by atoms with E-state index in [1.165, 1.54) is 35.7 Å². The Morgan fingerprint density at radius 2 is 2.17 bits per heavy atom. The summed E-state index contributed by atoms with van der Waals surface area (Å²) in [5.74, 6) is -0.394. The van der Waals surface area contributed by atoms with Gasteiger partial charge in [-0.3, -0.25) is 19.7 Å². The molecule has 0 saturated carbocycles. The van der Waals surface area contributed by atoms with E-state index in [9.17, 15) is 19.7 Å². The van der Waals surface area contributed by atoms with E-state index in [2.05, 4.69) is 5.32 Å². The Morgan fingerprint density at radius 1 is 1.46 bits per heavy atom. The molecule has 1 aromatic rings. The zero-order valence-electron chi connectivity index (χ0n) is 13.6. The normalized spacial score (nSPS) is 11.6. The van der Waals surface area contributed by atoms with Crippen molar-refractivity contribution < 1.29 is 19.6 Å². The minimum absolute atomic E-state index is 0.0298. The number of thioether (sulfide) groups is 1. The molecular formula is C15H21N3O5S. The maximum absolute atomic E-state index is 12.5. The summed E-state index contributed by atoms with van der Waals surface area (Å²) in [5.41, 5.74) is -0.0298. The predicted octanol–water partition coefficient (Wildman–Crippen LogP) is 1.03. The minimum Gasteiger partial charge on any atom is -0.395 e. The number of hydrogen-bond donors (Lipinski definition) is 2. The number of aliphatic hydroxyl groups is 1. The van der Waals surface area contributed by atoms with Gasteiger partial charge in [0.25, 0.3) is 5.69 Å². The maximum Gasteiger partial charge on any atom is 0.270 e. The molecule has 0 aromatic heterocycles. The van der Waals surface area contributed by atoms with Crippen LogP contribution in [0.2, 0.25) is 0 Å². The average Bonchev–Trinajstić information content (AvgIpc) is 2.55. The van der Waals surface area contributed by atoms with Crippen LogP contribution in [0, 0.1) is 10.1 Å². The highest BCUT2D eigenvalue weighted by Gasteiger charge is 2.24. The van der Waals surface area contributed by atoms with Crippen molar-refractivity contribution in [3.63, 3.8) is 0 Å². The van der Waals surface area contributed by atoms with E-state index in [0.29, 0.717) is 11.4 Å². The number of likely N-dealkylation sites (N-methyl/N-ethyl adjacent to an activating group) is 1. The molecule has 132 valence electrons. The summed E-state index contributed by atoms with van der Waals surface area (Å²) < 4.78 is 0. The standard InChI is InChI=1S/C15H21N3O5S/c1-3-17(7-8-19)15(21)14(16-11(2)20)10-24-13-6-4-5-12(9-13)18(22)23/h4-6,9,14,19H,3,7-8,10H2,1-2H3,(H,16,20). The molecule has 0 heterocycles. The molecule has 0 radical (unpaired) electrons. The van der Waals surface area contributed by atoms with Crippen molar-refractivity contribution in [3.8, 4) is 0 Å². The second-order valence-corrected chi connectivity index (χ2v) is 6.05. The minimum atomic E-state index is -0.765. The zero-order valence-corrected chi connectivity index (χ0v) is 14.4. The first-order valence-electron chi connectivity index (χ1n) is 7.43. The highest BCUT2D eigenvalue weighted by Crippen LogP contribution is 2.23. The fourth-order valence-electron chi connectivity index (χ4n) is 2.05. The van der Waals surface area contributed by atoms with Crippen LogP contribution in [0.1, 0.15) is 13.8 Å². The van der Waals surface area contributed by atoms with Gasteiger partial charge in [0.15, 0.2) is 0 Å². The monoisotopic (exact) mass is 355 g/mol. The highest BCUT2D eigenvalue weighted by atomic mass is 32.2. The third kappa shape index (κ3) is 6.17. The number of amides is 2. The number of nitro groups is 1. The molecule has 0 saturated heterocycles. The fourth-order valence-corrected chi connectivity index (χ4v) is 3.02. The summed E-state index contributed by atoms with van der Waals surface area (Å²) >= 11 is 1.25. The van der Waals surface area contributed by atoms with Gasteiger partial charge in [-0.25, -0.2) is 0 Å². The van der Waals surface area contributed by atoms with Crippen LogP contribution in [-0.2, 0) is 9.59 Å². The van der Waals surface area contributed by atoms with Crippen molar-refractivity contribution in [3.05, 3.63) is 34.4 Å². The lowest BCUT2D eigenvalue weighted by Gasteiger charge is -2.26. The Balaban J connectivity index is 2.82. The van der Waals surface area contributed by atoms with Crippen LogP contribution in [0.5, 0.6) is 0 Å². The largest absolute Gasteiger partial charge is 0.395 e. The molecule has 2 N–H and O–H groups in total. The van der Waals surface area contributed by atoms with E-state index in [4.69, 9.17) is 5.11 Å². The van der Waals surface area contributed by atoms with E-state index in [1.54, 1.807) is 19.1 Å². The van der Waals surface area contributed by atoms with Gasteiger partial charge in [-0.1, -0.05) is 6.07 Å². The molecule has 1 rings (SSSR count). The van der Waals surface area contributed by atoms with Crippen LogP contribution in [0.25, 0.3) is 0 Å². The van der Waals surface area contributed by atoms with Gasteiger partial charge in [-0.2, -0.15) is 0 Å². The van der Waals surface area contributed by atoms with Gasteiger partial charge in [0.1, 0.15) is 6.04 Å². The molecule has 2 amide bonds. The van der Waals surface area contributed by atoms with Crippen molar-refractivity contribution in [2.24, 2.45) is 0 Å². The van der Waals surface area contributed by atoms with Gasteiger partial charge >= 0.3 is 0 Å². The Kier molecular flexibility index (Phi) is 8.20. The van der Waals surface area contributed by atoms with Gasteiger partial charge in [0, 0.05) is 42.8 Å². The third-order valence-corrected chi connectivity index (χ3v) is 4.27. The molecule has 1 unspecified atom stereocenters. The number of benzene rings is 1. The lowest BCUT2D eigenvalue weighted by Crippen LogP contribution is -2.50. The van der Waals surface area contributed by atoms with E-state index in [-0.39, 0.29) is 36.4 Å². The lowest BCUT2D eigenvalue weighted by molar-refractivity contribution is -0.385. The molecule has 0 aliphatic rings. The number of carbonyl (C=O) groups excluding carboxylic acids is 2. The first kappa shape index (κ1) is 19.9. The van der Waals surface area contributed by atoms with Gasteiger partial charge in [0.05, 0.1) is 11.5 Å². The molecule has 0 spiro atoms. The molecule has 9 heteroatoms. The number of nitrogens with zero attached hydrogens (tertiary/aromatic N) is 2. The zero-order chi connectivity index (χ0) is 18.1. The average molecular weight is 355 g/mol. The number of nitrogens with one attached hydrogen (secondary N) is 1. The molecule has 0 bridgehead atoms. The summed E-state index contributed by atoms with van der Waals surface area (Å²) in [6.45, 7) is 3.54. The molecule has 0 aliphatic carbocycles. The summed E-state index contributed by atoms with van der Waals surface area (Å²) in [6.07, 6.45) is 0. The van der Waals surface area contributed by atoms with Gasteiger partial charge in [-0.15, -0.1) is 11.8 Å². The van der Waals surface area contributed by atoms with Crippen molar-refractivity contribution in [2.45, 2.75) is 24.8 Å². The summed E-state index contributed by atoms with van der Waals surface area (Å²) in [4.78, 5) is 36.2. The van der Waals surface area contributed by atoms with Gasteiger partial charge in [0.2, 0.25) is 11.8 Å². The number of aliphatic hydroxyl groups excluding tert-OH is 1. The highest BCUT2D eigenvalue weighted by molar-refractivity contribution is 7.99. The van der Waals surface area contributed by atoms with Crippen LogP contribution in [0.15, 0.2) is 29.2 Å². The third-order valence-electron chi connectivity index (χ3n) is 3.18. The van der Waals surface area contributed by atoms with Crippen LogP contribution in [0.3, 0.4) is 0 Å². The summed E-state index contributed by atoms with van der Waals surface area (Å²) in [7, 11) is 0. The van der Waals surface area contributed by atoms with Crippen LogP contribution < -0.4 is 5.32 Å². The molecular weight excluding hydrogens is 334 g/mol. The smallest absolute Gasteiger partial charge is 0.270 e. The van der Waals surface area contributed by atoms with Gasteiger partial charge in [-0.05, 0) is 13.0 Å². The van der Waals surface area contributed by atoms with Crippen LogP contribution >= 0.6 is 11.8 Å². The molecule has 8 nitrogen and oxygen atoms in total. The number of hydrogen-bond acceptors (Lipinski definition) is 6. The number of non-ortho nitro benzene ring substituents is 1. The molecule has 0 aliphatic heterocycles. The number of rotatable bonds is 9. The number of nitro benzene ring substituents is 1. The lowest BCUT2D eigenvalue weighted by atomic mass is 10.2. The predicted molar refractivity (Wildman–Crippen MR) is 90.8 cm³/mol. The fraction of sp³-hybridized carbons (Fsp3) is 0.467. The quantitative estimate of drug-likeness (QED) is 0.389. The van der Waals surface area contributed by atoms with E-state index < -0.39 is 11.0 Å². The second kappa shape index (κ2) is 9.89. The topological polar surface area (TPSA) is 113 Å². The van der Waals surface area contributed by atoms with E-state index >= 15 is 0 Å². The van der Waals surface area contributed by atoms with Crippen molar-refractivity contribution >= 4 is 29.3 Å². The van der Waals surface area contributed by atoms with Crippen LogP contribution in [0.4, 0.5) is 5.69 Å². The van der Waals surface area contributed by atoms with E-state index in [1.807, 2.05) is 0 Å². The first-order chi connectivity index (χ1) is 11.4. The Bertz CT molecular complexity index is 596. The Hall–Kier alpha value is -2.13. The maximum atomic E-state index is 12.5. The molecule has 1 aromatic carbocycles. The van der Waals surface area contributed by atoms with Crippen LogP contribution in [-0.4, -0.2) is 58.2 Å². The summed E-state index contributed by atoms with van der Waals surface area (Å²) in [6, 6.07) is 5.32. The molecule has 1 atom stereocenters. The SMILES string of the molecule is CCN(CCO)C(=O)C(CSc1cccc([N+](=O)[O-])c1)NC(C)=O. The van der Waals surface area contributed by atoms with Crippen molar-refractivity contribution in [1.29, 1.82) is 0 Å². The Morgan fingerprint density at radius 3 is 2.71 bits per heavy atom. The van der Waals surface area contributed by atoms with Gasteiger partial charge < -0.3 is 15.3 Å². The number of carbonyl (C=O) groups is 2.